The Labute approximate surface area is 227 Å². The molecule has 4 rings (SSSR count). The van der Waals surface area contributed by atoms with Crippen LogP contribution in [0.25, 0.3) is 0 Å². The van der Waals surface area contributed by atoms with Crippen molar-refractivity contribution < 1.29 is 13.7 Å². The van der Waals surface area contributed by atoms with Crippen LogP contribution in [0.2, 0.25) is 0 Å². The molecule has 0 N–H and O–H groups in total. The number of rotatable bonds is 4. The predicted octanol–water partition coefficient (Wildman–Crippen LogP) is 9.65. The second-order valence-corrected chi connectivity index (χ2v) is 10.0. The van der Waals surface area contributed by atoms with Gasteiger partial charge in [0, 0.05) is 4.47 Å². The Bertz CT molecular complexity index is 696. The molecule has 0 aliphatic heterocycles. The summed E-state index contributed by atoms with van der Waals surface area (Å²) in [7, 11) is 4.09. The minimum atomic E-state index is 0.806. The normalized spacial score (nSPS) is 16.5. The molecule has 4 heteroatoms. The van der Waals surface area contributed by atoms with E-state index in [1.165, 1.54) is 79.8 Å². The summed E-state index contributed by atoms with van der Waals surface area (Å²) >= 11 is 9.88. The maximum Gasteiger partial charge on any atom is -0.0390 e. The van der Waals surface area contributed by atoms with Crippen LogP contribution in [0.4, 0.5) is 0 Å². The first-order chi connectivity index (χ1) is 16.1. The van der Waals surface area contributed by atoms with Crippen LogP contribution in [0.5, 0.6) is 0 Å². The van der Waals surface area contributed by atoms with E-state index in [0.29, 0.717) is 0 Å². The van der Waals surface area contributed by atoms with Crippen molar-refractivity contribution in [3.63, 3.8) is 0 Å². The molecule has 0 saturated heterocycles. The minimum Gasteiger partial charge on any atom is -0.180 e. The smallest absolute Gasteiger partial charge is 0.0390 e. The summed E-state index contributed by atoms with van der Waals surface area (Å²) in [6.45, 7) is 4.78. The minimum absolute atomic E-state index is 0.806. The molecule has 0 amide bonds. The molecule has 0 unspecified atom stereocenters. The number of halogens is 2. The average molecular weight is 623 g/mol. The summed E-state index contributed by atoms with van der Waals surface area (Å²) < 4.78 is 1.29. The third-order valence-electron chi connectivity index (χ3n) is 6.33. The quantitative estimate of drug-likeness (QED) is 0.242. The predicted molar refractivity (Wildman–Crippen MR) is 149 cm³/mol. The van der Waals surface area contributed by atoms with Crippen molar-refractivity contribution in [2.45, 2.75) is 82.5 Å². The van der Waals surface area contributed by atoms with Gasteiger partial charge in [-0.1, -0.05) is 72.7 Å². The molecule has 33 heavy (non-hydrogen) atoms. The van der Waals surface area contributed by atoms with Crippen molar-refractivity contribution in [2.24, 2.45) is 0 Å². The van der Waals surface area contributed by atoms with Crippen LogP contribution in [-0.2, 0) is 13.7 Å². The molecule has 0 spiro atoms. The van der Waals surface area contributed by atoms with Crippen LogP contribution in [0.1, 0.15) is 93.6 Å². The van der Waals surface area contributed by atoms with Crippen LogP contribution in [0.3, 0.4) is 0 Å². The molecule has 0 aromatic heterocycles. The van der Waals surface area contributed by atoms with Crippen LogP contribution in [0, 0.1) is 13.0 Å². The van der Waals surface area contributed by atoms with Crippen molar-refractivity contribution in [1.29, 1.82) is 0 Å². The maximum absolute atomic E-state index is 3.69. The van der Waals surface area contributed by atoms with Crippen LogP contribution < -0.4 is 0 Å². The Morgan fingerprint density at radius 2 is 1.39 bits per heavy atom. The molecule has 189 valence electrons. The molecule has 2 aromatic rings. The van der Waals surface area contributed by atoms with E-state index in [0.717, 1.165) is 24.8 Å². The Kier molecular flexibility index (Phi) is 18.8. The summed E-state index contributed by atoms with van der Waals surface area (Å²) in [6, 6.07) is 20.4. The standard InChI is InChI=1S/C12H15Br.C12H15.C5H12N.BrH.Ni/c13-12-9-5-4-8-11(12)10-6-2-1-3-7-10;1-3-7-11(8-4-1)12-9-5-2-6-10-12;1-4-5-6(2)3;;/h4-5,8-10H,1-3,6-7H2;1,3-4,7,12H,2,5-6,9-10H2;1,4-5H2,2-3H3;1H;/q;2*-1;;+1/p-1. The van der Waals surface area contributed by atoms with Crippen LogP contribution in [-0.4, -0.2) is 25.5 Å². The summed E-state index contributed by atoms with van der Waals surface area (Å²) in [5.41, 5.74) is 2.94. The van der Waals surface area contributed by atoms with E-state index in [9.17, 15) is 0 Å². The SMILES string of the molecule is Brc1ccccc1C1CCCCC1.[CH2-]CCN(C)C.[Ni][Br].[c-]1ccccc1C1CCCCC1. The third kappa shape index (κ3) is 13.5. The van der Waals surface area contributed by atoms with Crippen LogP contribution >= 0.6 is 30.2 Å². The van der Waals surface area contributed by atoms with E-state index >= 15 is 0 Å². The Hall–Kier alpha value is -0.146. The summed E-state index contributed by atoms with van der Waals surface area (Å²) in [5.74, 6) is 1.62. The second-order valence-electron chi connectivity index (χ2n) is 9.17. The molecule has 0 heterocycles. The molecule has 2 aromatic carbocycles. The summed E-state index contributed by atoms with van der Waals surface area (Å²) in [5, 5.41) is 0. The van der Waals surface area contributed by atoms with E-state index in [4.69, 9.17) is 0 Å². The second kappa shape index (κ2) is 20.1. The molecule has 2 saturated carbocycles. The van der Waals surface area contributed by atoms with Gasteiger partial charge in [-0.05, 0) is 69.8 Å². The van der Waals surface area contributed by atoms with Gasteiger partial charge in [0.1, 0.15) is 0 Å². The van der Waals surface area contributed by atoms with Gasteiger partial charge in [-0.3, -0.25) is 0 Å². The fourth-order valence-corrected chi connectivity index (χ4v) is 5.22. The topological polar surface area (TPSA) is 3.24 Å². The van der Waals surface area contributed by atoms with Gasteiger partial charge in [0.2, 0.25) is 0 Å². The largest absolute Gasteiger partial charge is 0.180 e. The number of benzene rings is 2. The van der Waals surface area contributed by atoms with Crippen molar-refractivity contribution in [1.82, 2.24) is 4.90 Å². The molecule has 2 fully saturated rings. The van der Waals surface area contributed by atoms with E-state index in [-0.39, 0.29) is 0 Å². The molecule has 0 bridgehead atoms. The Morgan fingerprint density at radius 3 is 1.85 bits per heavy atom. The van der Waals surface area contributed by atoms with Gasteiger partial charge < -0.3 is 11.8 Å². The first-order valence-corrected chi connectivity index (χ1v) is 15.6. The molecule has 0 radical (unpaired) electrons. The zero-order valence-electron chi connectivity index (χ0n) is 20.5. The first-order valence-electron chi connectivity index (χ1n) is 12.4. The number of hydrogen-bond donors (Lipinski definition) is 0. The van der Waals surface area contributed by atoms with Crippen molar-refractivity contribution in [3.05, 3.63) is 77.1 Å². The van der Waals surface area contributed by atoms with E-state index < -0.39 is 0 Å². The van der Waals surface area contributed by atoms with E-state index in [2.05, 4.69) is 98.1 Å². The van der Waals surface area contributed by atoms with Crippen molar-refractivity contribution in [3.8, 4) is 0 Å². The number of nitrogens with zero attached hydrogens (tertiary/aromatic N) is 1. The molecule has 0 atom stereocenters. The summed E-state index contributed by atoms with van der Waals surface area (Å²) in [6.07, 6.45) is 15.0. The van der Waals surface area contributed by atoms with Gasteiger partial charge in [0.05, 0.1) is 0 Å². The first kappa shape index (κ1) is 30.9. The fraction of sp³-hybridized carbons (Fsp3) is 0.552. The zero-order chi connectivity index (χ0) is 24.3. The van der Waals surface area contributed by atoms with Crippen molar-refractivity contribution in [2.75, 3.05) is 20.6 Å². The van der Waals surface area contributed by atoms with E-state index in [1.54, 1.807) is 0 Å². The van der Waals surface area contributed by atoms with Crippen LogP contribution in [0.15, 0.2) is 53.0 Å². The maximum atomic E-state index is 3.69. The van der Waals surface area contributed by atoms with Gasteiger partial charge in [-0.2, -0.15) is 42.3 Å². The molecule has 2 aliphatic rings. The Balaban J connectivity index is 0.000000254. The monoisotopic (exact) mass is 620 g/mol. The molecular weight excluding hydrogens is 581 g/mol. The third-order valence-corrected chi connectivity index (χ3v) is 7.06. The van der Waals surface area contributed by atoms with Crippen molar-refractivity contribution >= 4 is 30.2 Å². The van der Waals surface area contributed by atoms with Gasteiger partial charge in [0.15, 0.2) is 0 Å². The molecular formula is C29H42Br2NNi-2. The van der Waals surface area contributed by atoms with Gasteiger partial charge >= 0.3 is 27.9 Å². The Morgan fingerprint density at radius 1 is 0.848 bits per heavy atom. The van der Waals surface area contributed by atoms with Gasteiger partial charge in [-0.25, -0.2) is 0 Å². The number of hydrogen-bond acceptors (Lipinski definition) is 1. The summed E-state index contributed by atoms with van der Waals surface area (Å²) in [4.78, 5) is 2.12. The average Bonchev–Trinajstić information content (AvgIpc) is 2.88. The molecule has 2 aliphatic carbocycles. The van der Waals surface area contributed by atoms with Gasteiger partial charge in [-0.15, -0.1) is 0 Å². The van der Waals surface area contributed by atoms with E-state index in [1.807, 2.05) is 26.2 Å². The zero-order valence-corrected chi connectivity index (χ0v) is 24.6. The fourth-order valence-electron chi connectivity index (χ4n) is 4.61. The van der Waals surface area contributed by atoms with Gasteiger partial charge in [0.25, 0.3) is 0 Å². The molecule has 1 nitrogen and oxygen atoms in total.